The number of carbonyl (C=O) groups is 3. The topological polar surface area (TPSA) is 96.4 Å². The molecular formula is C19H26N2O6. The lowest BCUT2D eigenvalue weighted by Crippen LogP contribution is -2.55. The molecule has 27 heavy (non-hydrogen) atoms. The zero-order valence-electron chi connectivity index (χ0n) is 16.3. The van der Waals surface area contributed by atoms with Crippen LogP contribution in [0.2, 0.25) is 0 Å². The molecule has 8 heteroatoms. The molecule has 1 fully saturated rings. The van der Waals surface area contributed by atoms with E-state index in [4.69, 9.17) is 9.47 Å². The molecule has 2 amide bonds. The standard InChI is InChI=1S/C19H26N2O6/c1-19(2,3)27-18(25)14(22)15-17(24)21(9-10-26-15)13-8-6-7-12(11-13)16(23)20(4)5/h6-8,11,14-15,22H,9-10H2,1-5H3. The van der Waals surface area contributed by atoms with E-state index in [-0.39, 0.29) is 19.1 Å². The van der Waals surface area contributed by atoms with Crippen molar-refractivity contribution in [3.63, 3.8) is 0 Å². The average molecular weight is 378 g/mol. The molecule has 1 N–H and O–H groups in total. The van der Waals surface area contributed by atoms with Crippen molar-refractivity contribution in [2.45, 2.75) is 38.6 Å². The number of esters is 1. The van der Waals surface area contributed by atoms with Gasteiger partial charge in [0, 0.05) is 31.9 Å². The van der Waals surface area contributed by atoms with Crippen molar-refractivity contribution >= 4 is 23.5 Å². The maximum Gasteiger partial charge on any atom is 0.338 e. The highest BCUT2D eigenvalue weighted by atomic mass is 16.6. The highest BCUT2D eigenvalue weighted by molar-refractivity contribution is 6.02. The third-order valence-corrected chi connectivity index (χ3v) is 3.87. The van der Waals surface area contributed by atoms with Crippen molar-refractivity contribution in [1.29, 1.82) is 0 Å². The number of aliphatic hydroxyl groups is 1. The van der Waals surface area contributed by atoms with Gasteiger partial charge in [-0.3, -0.25) is 9.59 Å². The van der Waals surface area contributed by atoms with Crippen molar-refractivity contribution in [2.75, 3.05) is 32.1 Å². The Kier molecular flexibility index (Phi) is 6.22. The maximum atomic E-state index is 12.8. The van der Waals surface area contributed by atoms with Gasteiger partial charge in [-0.25, -0.2) is 4.79 Å². The predicted molar refractivity (Wildman–Crippen MR) is 98.4 cm³/mol. The van der Waals surface area contributed by atoms with Crippen LogP contribution in [0.1, 0.15) is 31.1 Å². The number of hydrogen-bond acceptors (Lipinski definition) is 6. The number of aliphatic hydroxyl groups excluding tert-OH is 1. The molecule has 1 aromatic rings. The Labute approximate surface area is 158 Å². The minimum absolute atomic E-state index is 0.141. The number of rotatable bonds is 4. The quantitative estimate of drug-likeness (QED) is 0.780. The Morgan fingerprint density at radius 1 is 1.33 bits per heavy atom. The van der Waals surface area contributed by atoms with Crippen LogP contribution in [0.3, 0.4) is 0 Å². The summed E-state index contributed by atoms with van der Waals surface area (Å²) in [7, 11) is 3.28. The van der Waals surface area contributed by atoms with Crippen molar-refractivity contribution in [3.05, 3.63) is 29.8 Å². The first-order valence-electron chi connectivity index (χ1n) is 8.67. The number of nitrogens with zero attached hydrogens (tertiary/aromatic N) is 2. The predicted octanol–water partition coefficient (Wildman–Crippen LogP) is 0.823. The van der Waals surface area contributed by atoms with Gasteiger partial charge in [-0.1, -0.05) is 6.07 Å². The van der Waals surface area contributed by atoms with Gasteiger partial charge in [-0.05, 0) is 39.0 Å². The van der Waals surface area contributed by atoms with Crippen LogP contribution in [-0.2, 0) is 19.1 Å². The van der Waals surface area contributed by atoms with Crippen LogP contribution >= 0.6 is 0 Å². The highest BCUT2D eigenvalue weighted by Gasteiger charge is 2.41. The number of benzene rings is 1. The minimum atomic E-state index is -1.73. The summed E-state index contributed by atoms with van der Waals surface area (Å²) in [5, 5.41) is 10.2. The fourth-order valence-electron chi connectivity index (χ4n) is 2.64. The van der Waals surface area contributed by atoms with Gasteiger partial charge in [0.15, 0.2) is 12.2 Å². The Morgan fingerprint density at radius 2 is 2.00 bits per heavy atom. The smallest absolute Gasteiger partial charge is 0.338 e. The molecule has 1 aliphatic heterocycles. The summed E-state index contributed by atoms with van der Waals surface area (Å²) < 4.78 is 10.5. The van der Waals surface area contributed by atoms with Gasteiger partial charge in [-0.15, -0.1) is 0 Å². The Hall–Kier alpha value is -2.45. The third kappa shape index (κ3) is 5.05. The molecule has 1 saturated heterocycles. The van der Waals surface area contributed by atoms with Gasteiger partial charge in [0.05, 0.1) is 6.61 Å². The number of anilines is 1. The lowest BCUT2D eigenvalue weighted by Gasteiger charge is -2.34. The normalized spacial score (nSPS) is 18.8. The maximum absolute atomic E-state index is 12.8. The summed E-state index contributed by atoms with van der Waals surface area (Å²) in [4.78, 5) is 39.9. The van der Waals surface area contributed by atoms with E-state index in [1.54, 1.807) is 59.1 Å². The van der Waals surface area contributed by atoms with E-state index in [1.807, 2.05) is 0 Å². The first-order valence-corrected chi connectivity index (χ1v) is 8.67. The second-order valence-electron chi connectivity index (χ2n) is 7.51. The van der Waals surface area contributed by atoms with Crippen LogP contribution in [-0.4, -0.2) is 72.8 Å². The van der Waals surface area contributed by atoms with E-state index in [2.05, 4.69) is 0 Å². The average Bonchev–Trinajstić information content (AvgIpc) is 2.59. The van der Waals surface area contributed by atoms with Gasteiger partial charge >= 0.3 is 5.97 Å². The first-order chi connectivity index (χ1) is 12.5. The first kappa shape index (κ1) is 20.9. The molecule has 2 atom stereocenters. The summed E-state index contributed by atoms with van der Waals surface area (Å²) in [6.07, 6.45) is -3.09. The summed E-state index contributed by atoms with van der Waals surface area (Å²) in [5.74, 6) is -1.67. The summed E-state index contributed by atoms with van der Waals surface area (Å²) >= 11 is 0. The van der Waals surface area contributed by atoms with Crippen LogP contribution in [0, 0.1) is 0 Å². The van der Waals surface area contributed by atoms with Gasteiger partial charge < -0.3 is 24.4 Å². The zero-order chi connectivity index (χ0) is 20.4. The monoisotopic (exact) mass is 378 g/mol. The van der Waals surface area contributed by atoms with E-state index in [0.717, 1.165) is 0 Å². The lowest BCUT2D eigenvalue weighted by atomic mass is 10.1. The van der Waals surface area contributed by atoms with Crippen molar-refractivity contribution in [2.24, 2.45) is 0 Å². The lowest BCUT2D eigenvalue weighted by molar-refractivity contribution is -0.177. The number of morpholine rings is 1. The Morgan fingerprint density at radius 3 is 2.59 bits per heavy atom. The van der Waals surface area contributed by atoms with Crippen molar-refractivity contribution < 1.29 is 29.0 Å². The number of carbonyl (C=O) groups excluding carboxylic acids is 3. The SMILES string of the molecule is CN(C)C(=O)c1cccc(N2CCOC(C(O)C(=O)OC(C)(C)C)C2=O)c1. The largest absolute Gasteiger partial charge is 0.458 e. The van der Waals surface area contributed by atoms with Crippen molar-refractivity contribution in [3.8, 4) is 0 Å². The molecule has 1 aliphatic rings. The molecule has 0 bridgehead atoms. The molecule has 8 nitrogen and oxygen atoms in total. The molecule has 0 saturated carbocycles. The van der Waals surface area contributed by atoms with E-state index >= 15 is 0 Å². The summed E-state index contributed by atoms with van der Waals surface area (Å²) in [6.45, 7) is 5.39. The highest BCUT2D eigenvalue weighted by Crippen LogP contribution is 2.23. The Bertz CT molecular complexity index is 725. The number of hydrogen-bond donors (Lipinski definition) is 1. The molecule has 0 radical (unpaired) electrons. The molecule has 0 aliphatic carbocycles. The summed E-state index contributed by atoms with van der Waals surface area (Å²) in [5.41, 5.74) is 0.134. The van der Waals surface area contributed by atoms with Gasteiger partial charge in [0.25, 0.3) is 11.8 Å². The second-order valence-corrected chi connectivity index (χ2v) is 7.51. The second kappa shape index (κ2) is 8.06. The minimum Gasteiger partial charge on any atom is -0.458 e. The van der Waals surface area contributed by atoms with Gasteiger partial charge in [0.2, 0.25) is 0 Å². The van der Waals surface area contributed by atoms with Crippen LogP contribution in [0.4, 0.5) is 5.69 Å². The van der Waals surface area contributed by atoms with Crippen LogP contribution < -0.4 is 4.90 Å². The number of amides is 2. The van der Waals surface area contributed by atoms with E-state index in [0.29, 0.717) is 11.3 Å². The van der Waals surface area contributed by atoms with Crippen LogP contribution in [0.25, 0.3) is 0 Å². The van der Waals surface area contributed by atoms with Crippen LogP contribution in [0.5, 0.6) is 0 Å². The molecule has 0 aromatic heterocycles. The molecular weight excluding hydrogens is 352 g/mol. The fourth-order valence-corrected chi connectivity index (χ4v) is 2.64. The van der Waals surface area contributed by atoms with E-state index < -0.39 is 29.7 Å². The Balaban J connectivity index is 2.21. The fraction of sp³-hybridized carbons (Fsp3) is 0.526. The zero-order valence-corrected chi connectivity index (χ0v) is 16.3. The third-order valence-electron chi connectivity index (χ3n) is 3.87. The molecule has 0 spiro atoms. The van der Waals surface area contributed by atoms with Gasteiger partial charge in [-0.2, -0.15) is 0 Å². The molecule has 2 rings (SSSR count). The van der Waals surface area contributed by atoms with E-state index in [1.165, 1.54) is 9.80 Å². The van der Waals surface area contributed by atoms with Crippen LogP contribution in [0.15, 0.2) is 24.3 Å². The number of ether oxygens (including phenoxy) is 2. The van der Waals surface area contributed by atoms with E-state index in [9.17, 15) is 19.5 Å². The van der Waals surface area contributed by atoms with Crippen molar-refractivity contribution in [1.82, 2.24) is 4.90 Å². The summed E-state index contributed by atoms with van der Waals surface area (Å²) in [6, 6.07) is 6.62. The van der Waals surface area contributed by atoms with Gasteiger partial charge in [0.1, 0.15) is 5.60 Å². The molecule has 2 unspecified atom stereocenters. The molecule has 148 valence electrons. The molecule has 1 heterocycles. The molecule has 1 aromatic carbocycles.